The van der Waals surface area contributed by atoms with Crippen LogP contribution in [0, 0.1) is 12.7 Å². The highest BCUT2D eigenvalue weighted by atomic mass is 35.5. The standard InChI is InChI=1S/C20H16ClFN4O2/c1-11-18(12-3-2-4-13(21)9-12)25-26-16(10-17(27)24-19(11)26)20(28)23-15-7-5-14(22)6-8-15/h2-9,16H,10H2,1H3,(H,23,28)(H,24,27). The molecule has 2 aromatic carbocycles. The number of rotatable bonds is 3. The molecule has 0 saturated heterocycles. The van der Waals surface area contributed by atoms with Gasteiger partial charge in [-0.15, -0.1) is 0 Å². The van der Waals surface area contributed by atoms with Crippen molar-refractivity contribution in [3.05, 3.63) is 64.9 Å². The Labute approximate surface area is 165 Å². The van der Waals surface area contributed by atoms with Crippen LogP contribution in [0.2, 0.25) is 5.02 Å². The SMILES string of the molecule is Cc1c(-c2cccc(Cl)c2)nn2c1NC(=O)CC2C(=O)Nc1ccc(F)cc1. The molecular weight excluding hydrogens is 383 g/mol. The number of aromatic nitrogens is 2. The Balaban J connectivity index is 1.70. The van der Waals surface area contributed by atoms with Gasteiger partial charge < -0.3 is 10.6 Å². The lowest BCUT2D eigenvalue weighted by atomic mass is 10.1. The van der Waals surface area contributed by atoms with Gasteiger partial charge in [-0.1, -0.05) is 23.7 Å². The van der Waals surface area contributed by atoms with Crippen molar-refractivity contribution in [3.8, 4) is 11.3 Å². The summed E-state index contributed by atoms with van der Waals surface area (Å²) >= 11 is 6.08. The largest absolute Gasteiger partial charge is 0.324 e. The molecule has 2 amide bonds. The molecule has 2 heterocycles. The fourth-order valence-electron chi connectivity index (χ4n) is 3.21. The number of anilines is 2. The average molecular weight is 399 g/mol. The van der Waals surface area contributed by atoms with Crippen molar-refractivity contribution in [3.63, 3.8) is 0 Å². The highest BCUT2D eigenvalue weighted by molar-refractivity contribution is 6.30. The maximum atomic E-state index is 13.1. The van der Waals surface area contributed by atoms with E-state index in [9.17, 15) is 14.0 Å². The fraction of sp³-hybridized carbons (Fsp3) is 0.150. The van der Waals surface area contributed by atoms with Crippen molar-refractivity contribution in [2.75, 3.05) is 10.6 Å². The first-order valence-electron chi connectivity index (χ1n) is 8.63. The van der Waals surface area contributed by atoms with Crippen LogP contribution in [0.3, 0.4) is 0 Å². The first-order chi connectivity index (χ1) is 13.4. The zero-order valence-corrected chi connectivity index (χ0v) is 15.6. The average Bonchev–Trinajstić information content (AvgIpc) is 2.99. The van der Waals surface area contributed by atoms with E-state index in [1.165, 1.54) is 28.9 Å². The highest BCUT2D eigenvalue weighted by Crippen LogP contribution is 2.35. The van der Waals surface area contributed by atoms with Crippen LogP contribution in [0.4, 0.5) is 15.9 Å². The first-order valence-corrected chi connectivity index (χ1v) is 9.01. The molecule has 3 aromatic rings. The van der Waals surface area contributed by atoms with Crippen molar-refractivity contribution in [1.82, 2.24) is 9.78 Å². The van der Waals surface area contributed by atoms with Gasteiger partial charge in [-0.25, -0.2) is 9.07 Å². The summed E-state index contributed by atoms with van der Waals surface area (Å²) in [6, 6.07) is 11.8. The molecular formula is C20H16ClFN4O2. The van der Waals surface area contributed by atoms with Gasteiger partial charge in [0.1, 0.15) is 17.7 Å². The van der Waals surface area contributed by atoms with E-state index >= 15 is 0 Å². The molecule has 0 fully saturated rings. The Kier molecular flexibility index (Phi) is 4.60. The lowest BCUT2D eigenvalue weighted by molar-refractivity contribution is -0.125. The fourth-order valence-corrected chi connectivity index (χ4v) is 3.40. The minimum absolute atomic E-state index is 0.0455. The highest BCUT2D eigenvalue weighted by Gasteiger charge is 2.34. The van der Waals surface area contributed by atoms with E-state index in [4.69, 9.17) is 11.6 Å². The molecule has 142 valence electrons. The summed E-state index contributed by atoms with van der Waals surface area (Å²) in [6.07, 6.45) is -0.0455. The summed E-state index contributed by atoms with van der Waals surface area (Å²) < 4.78 is 14.6. The summed E-state index contributed by atoms with van der Waals surface area (Å²) in [5.41, 5.74) is 2.62. The van der Waals surface area contributed by atoms with Gasteiger partial charge in [0.2, 0.25) is 11.8 Å². The zero-order valence-electron chi connectivity index (χ0n) is 14.9. The van der Waals surface area contributed by atoms with Gasteiger partial charge in [-0.2, -0.15) is 5.10 Å². The molecule has 1 unspecified atom stereocenters. The second kappa shape index (κ2) is 7.09. The van der Waals surface area contributed by atoms with E-state index in [0.717, 1.165) is 11.1 Å². The quantitative estimate of drug-likeness (QED) is 0.695. The third kappa shape index (κ3) is 3.36. The lowest BCUT2D eigenvalue weighted by Gasteiger charge is -2.24. The van der Waals surface area contributed by atoms with Crippen molar-refractivity contribution < 1.29 is 14.0 Å². The Hall–Kier alpha value is -3.19. The number of benzene rings is 2. The molecule has 8 heteroatoms. The van der Waals surface area contributed by atoms with Gasteiger partial charge in [0.05, 0.1) is 12.1 Å². The molecule has 0 radical (unpaired) electrons. The number of nitrogens with zero attached hydrogens (tertiary/aromatic N) is 2. The van der Waals surface area contributed by atoms with Gasteiger partial charge in [-0.3, -0.25) is 9.59 Å². The van der Waals surface area contributed by atoms with Crippen molar-refractivity contribution >= 4 is 34.9 Å². The van der Waals surface area contributed by atoms with E-state index in [-0.39, 0.29) is 12.3 Å². The second-order valence-corrected chi connectivity index (χ2v) is 6.98. The Morgan fingerprint density at radius 1 is 1.29 bits per heavy atom. The van der Waals surface area contributed by atoms with Crippen LogP contribution in [-0.4, -0.2) is 21.6 Å². The van der Waals surface area contributed by atoms with Crippen molar-refractivity contribution in [2.24, 2.45) is 0 Å². The number of fused-ring (bicyclic) bond motifs is 1. The van der Waals surface area contributed by atoms with Crippen LogP contribution in [0.1, 0.15) is 18.0 Å². The molecule has 0 saturated carbocycles. The number of carbonyl (C=O) groups excluding carboxylic acids is 2. The summed E-state index contributed by atoms with van der Waals surface area (Å²) in [5.74, 6) is -0.591. The third-order valence-corrected chi connectivity index (χ3v) is 4.83. The van der Waals surface area contributed by atoms with Gasteiger partial charge in [-0.05, 0) is 43.3 Å². The summed E-state index contributed by atoms with van der Waals surface area (Å²) in [4.78, 5) is 25.0. The molecule has 2 N–H and O–H groups in total. The van der Waals surface area contributed by atoms with Gasteiger partial charge >= 0.3 is 0 Å². The molecule has 1 atom stereocenters. The molecule has 0 spiro atoms. The van der Waals surface area contributed by atoms with Crippen LogP contribution in [0.5, 0.6) is 0 Å². The normalized spacial score (nSPS) is 15.7. The third-order valence-electron chi connectivity index (χ3n) is 4.59. The van der Waals surface area contributed by atoms with Crippen molar-refractivity contribution in [1.29, 1.82) is 0 Å². The number of hydrogen-bond acceptors (Lipinski definition) is 3. The van der Waals surface area contributed by atoms with Crippen LogP contribution in [0.25, 0.3) is 11.3 Å². The number of hydrogen-bond donors (Lipinski definition) is 2. The molecule has 6 nitrogen and oxygen atoms in total. The second-order valence-electron chi connectivity index (χ2n) is 6.54. The molecule has 0 aliphatic carbocycles. The summed E-state index contributed by atoms with van der Waals surface area (Å²) in [7, 11) is 0. The summed E-state index contributed by atoms with van der Waals surface area (Å²) in [6.45, 7) is 1.83. The van der Waals surface area contributed by atoms with Crippen LogP contribution >= 0.6 is 11.6 Å². The molecule has 1 aromatic heterocycles. The molecule has 1 aliphatic heterocycles. The molecule has 4 rings (SSSR count). The topological polar surface area (TPSA) is 76.0 Å². The summed E-state index contributed by atoms with van der Waals surface area (Å²) in [5, 5.41) is 10.6. The number of nitrogens with one attached hydrogen (secondary N) is 2. The van der Waals surface area contributed by atoms with E-state index < -0.39 is 17.8 Å². The maximum Gasteiger partial charge on any atom is 0.249 e. The monoisotopic (exact) mass is 398 g/mol. The minimum Gasteiger partial charge on any atom is -0.324 e. The van der Waals surface area contributed by atoms with E-state index in [1.54, 1.807) is 12.1 Å². The predicted octanol–water partition coefficient (Wildman–Crippen LogP) is 4.17. The minimum atomic E-state index is -0.819. The Morgan fingerprint density at radius 3 is 2.75 bits per heavy atom. The number of carbonyl (C=O) groups is 2. The van der Waals surface area contributed by atoms with Crippen LogP contribution < -0.4 is 10.6 Å². The molecule has 28 heavy (non-hydrogen) atoms. The van der Waals surface area contributed by atoms with Gasteiger partial charge in [0.25, 0.3) is 0 Å². The molecule has 0 bridgehead atoms. The van der Waals surface area contributed by atoms with Crippen LogP contribution in [-0.2, 0) is 9.59 Å². The zero-order chi connectivity index (χ0) is 19.8. The number of halogens is 2. The van der Waals surface area contributed by atoms with Gasteiger partial charge in [0, 0.05) is 21.8 Å². The van der Waals surface area contributed by atoms with Crippen molar-refractivity contribution in [2.45, 2.75) is 19.4 Å². The lowest BCUT2D eigenvalue weighted by Crippen LogP contribution is -2.35. The maximum absolute atomic E-state index is 13.1. The van der Waals surface area contributed by atoms with Crippen LogP contribution in [0.15, 0.2) is 48.5 Å². The van der Waals surface area contributed by atoms with Gasteiger partial charge in [0.15, 0.2) is 0 Å². The van der Waals surface area contributed by atoms with E-state index in [2.05, 4.69) is 15.7 Å². The Morgan fingerprint density at radius 2 is 2.04 bits per heavy atom. The molecule has 1 aliphatic rings. The predicted molar refractivity (Wildman–Crippen MR) is 105 cm³/mol. The number of amides is 2. The first kappa shape index (κ1) is 18.2. The Bertz CT molecular complexity index is 1080. The van der Waals surface area contributed by atoms with E-state index in [1.807, 2.05) is 19.1 Å². The van der Waals surface area contributed by atoms with E-state index in [0.29, 0.717) is 22.2 Å². The smallest absolute Gasteiger partial charge is 0.249 e.